The Hall–Kier alpha value is -2.03. The highest BCUT2D eigenvalue weighted by molar-refractivity contribution is 5.80. The van der Waals surface area contributed by atoms with Gasteiger partial charge in [-0.1, -0.05) is 53.2 Å². The minimum absolute atomic E-state index is 0.0765. The quantitative estimate of drug-likeness (QED) is 0.0366. The van der Waals surface area contributed by atoms with Crippen LogP contribution in [0.5, 0.6) is 0 Å². The van der Waals surface area contributed by atoms with Gasteiger partial charge in [0.25, 0.3) is 0 Å². The number of aliphatic hydroxyl groups is 20. The smallest absolute Gasteiger partial charge is 0.317 e. The minimum Gasteiger partial charge on any atom is -0.432 e. The molecule has 0 aromatic carbocycles. The van der Waals surface area contributed by atoms with Gasteiger partial charge in [-0.25, -0.2) is 0 Å². The van der Waals surface area contributed by atoms with Crippen molar-refractivity contribution in [2.45, 2.75) is 297 Å². The van der Waals surface area contributed by atoms with Crippen molar-refractivity contribution in [2.75, 3.05) is 39.6 Å². The van der Waals surface area contributed by atoms with Crippen LogP contribution in [0.3, 0.4) is 0 Å². The van der Waals surface area contributed by atoms with Gasteiger partial charge >= 0.3 is 5.97 Å². The predicted molar refractivity (Wildman–Crippen MR) is 323 cm³/mol. The van der Waals surface area contributed by atoms with E-state index in [-0.39, 0.29) is 42.9 Å². The first-order valence-corrected chi connectivity index (χ1v) is 34.4. The van der Waals surface area contributed by atoms with Crippen LogP contribution in [0.4, 0.5) is 0 Å². The fourth-order valence-electron chi connectivity index (χ4n) is 19.3. The lowest BCUT2D eigenvalue weighted by Gasteiger charge is -2.72. The lowest BCUT2D eigenvalue weighted by molar-refractivity contribution is -0.369. The predicted octanol–water partition coefficient (Wildman–Crippen LogP) is -6.78. The second-order valence-electron chi connectivity index (χ2n) is 31.2. The summed E-state index contributed by atoms with van der Waals surface area (Å²) in [5.41, 5.74) is -4.48. The molecule has 6 heterocycles. The number of hydrogen-bond donors (Lipinski definition) is 20. The average molecular weight is 1420 g/mol. The number of esters is 1. The molecule has 0 aromatic heterocycles. The third kappa shape index (κ3) is 13.0. The zero-order valence-corrected chi connectivity index (χ0v) is 56.1. The molecule has 0 amide bonds. The van der Waals surface area contributed by atoms with Crippen LogP contribution in [0.2, 0.25) is 0 Å². The van der Waals surface area contributed by atoms with Crippen molar-refractivity contribution in [1.29, 1.82) is 0 Å². The summed E-state index contributed by atoms with van der Waals surface area (Å²) in [7, 11) is 0. The average Bonchev–Trinajstić information content (AvgIpc) is 0.669. The number of carbonyl (C=O) groups excluding carboxylic acids is 1. The van der Waals surface area contributed by atoms with E-state index in [1.807, 2.05) is 6.92 Å². The van der Waals surface area contributed by atoms with Gasteiger partial charge in [0.2, 0.25) is 6.29 Å². The molecule has 4 saturated carbocycles. The van der Waals surface area contributed by atoms with Crippen LogP contribution < -0.4 is 0 Å². The Morgan fingerprint density at radius 1 is 0.520 bits per heavy atom. The van der Waals surface area contributed by atoms with Crippen LogP contribution in [0, 0.1) is 50.2 Å². The molecule has 564 valence electrons. The Labute approximate surface area is 566 Å². The molecule has 11 rings (SSSR count). The number of allylic oxidation sites excluding steroid dienone is 2. The van der Waals surface area contributed by atoms with Crippen LogP contribution in [-0.4, -0.2) is 338 Å². The van der Waals surface area contributed by atoms with Crippen molar-refractivity contribution in [3.63, 3.8) is 0 Å². The molecule has 0 bridgehead atoms. The van der Waals surface area contributed by atoms with Crippen molar-refractivity contribution in [3.05, 3.63) is 11.6 Å². The van der Waals surface area contributed by atoms with E-state index in [0.717, 1.165) is 5.57 Å². The first-order valence-electron chi connectivity index (χ1n) is 34.4. The van der Waals surface area contributed by atoms with Gasteiger partial charge in [-0.2, -0.15) is 0 Å². The summed E-state index contributed by atoms with van der Waals surface area (Å²) < 4.78 is 70.4. The molecule has 5 aliphatic carbocycles. The maximum Gasteiger partial charge on any atom is 0.317 e. The molecule has 33 heteroatoms. The second-order valence-corrected chi connectivity index (χ2v) is 31.2. The molecular weight excluding hydrogens is 1310 g/mol. The molecule has 0 spiro atoms. The van der Waals surface area contributed by atoms with Crippen LogP contribution in [-0.2, 0) is 61.6 Å². The maximum atomic E-state index is 15.5. The fraction of sp³-hybridized carbons (Fsp3) is 0.954. The zero-order chi connectivity index (χ0) is 71.6. The molecule has 20 N–H and O–H groups in total. The molecule has 10 fully saturated rings. The summed E-state index contributed by atoms with van der Waals surface area (Å²) in [6, 6.07) is 0. The molecule has 39 atom stereocenters. The van der Waals surface area contributed by atoms with Crippen molar-refractivity contribution in [1.82, 2.24) is 0 Å². The van der Waals surface area contributed by atoms with Crippen molar-refractivity contribution >= 4 is 5.97 Å². The summed E-state index contributed by atoms with van der Waals surface area (Å²) in [6.07, 6.45) is -46.6. The molecule has 98 heavy (non-hydrogen) atoms. The highest BCUT2D eigenvalue weighted by atomic mass is 16.8. The Morgan fingerprint density at radius 2 is 1.04 bits per heavy atom. The summed E-state index contributed by atoms with van der Waals surface area (Å²) in [5, 5.41) is 221. The third-order valence-electron chi connectivity index (χ3n) is 25.3. The van der Waals surface area contributed by atoms with E-state index in [1.54, 1.807) is 0 Å². The highest BCUT2D eigenvalue weighted by Gasteiger charge is 2.74. The normalized spacial score (nSPS) is 55.0. The van der Waals surface area contributed by atoms with Gasteiger partial charge < -0.3 is 159 Å². The first-order chi connectivity index (χ1) is 46.0. The Balaban J connectivity index is 0.788. The largest absolute Gasteiger partial charge is 0.432 e. The molecular formula is C65H106O33. The summed E-state index contributed by atoms with van der Waals surface area (Å²) in [4.78, 5) is 15.5. The first kappa shape index (κ1) is 77.1. The van der Waals surface area contributed by atoms with Gasteiger partial charge in [-0.15, -0.1) is 0 Å². The Kier molecular flexibility index (Phi) is 22.8. The maximum absolute atomic E-state index is 15.5. The van der Waals surface area contributed by atoms with Crippen LogP contribution >= 0.6 is 0 Å². The third-order valence-corrected chi connectivity index (χ3v) is 25.3. The molecule has 11 aliphatic rings. The molecule has 6 saturated heterocycles. The topological polar surface area (TPSA) is 532 Å². The van der Waals surface area contributed by atoms with E-state index in [2.05, 4.69) is 40.7 Å². The van der Waals surface area contributed by atoms with Gasteiger partial charge in [0, 0.05) is 5.41 Å². The van der Waals surface area contributed by atoms with Gasteiger partial charge in [0.1, 0.15) is 127 Å². The Bertz CT molecular complexity index is 2750. The van der Waals surface area contributed by atoms with Crippen LogP contribution in [0.25, 0.3) is 0 Å². The van der Waals surface area contributed by atoms with E-state index in [0.29, 0.717) is 32.1 Å². The van der Waals surface area contributed by atoms with Crippen molar-refractivity contribution in [2.24, 2.45) is 50.2 Å². The van der Waals surface area contributed by atoms with E-state index in [1.165, 1.54) is 6.92 Å². The van der Waals surface area contributed by atoms with Gasteiger partial charge in [0.05, 0.1) is 64.1 Å². The molecule has 33 nitrogen and oxygen atoms in total. The van der Waals surface area contributed by atoms with E-state index in [4.69, 9.17) is 56.8 Å². The number of fused-ring (bicyclic) bond motifs is 7. The summed E-state index contributed by atoms with van der Waals surface area (Å²) >= 11 is 0. The Morgan fingerprint density at radius 3 is 1.63 bits per heavy atom. The number of carbonyl (C=O) groups is 1. The SMILES string of the molecule is CC[C@]1(CO)[C@@H]2CC[C@]3(C)[C@H](CC=C4[C@@H]5CC(C)(C)CC[C@]5(C(=O)O[C@@H]5OC[C@H](O)[C@H](O)[C@H]5O[C@@H]5O[C@@H](C)[C@H](O[C@@H]6OC[C@@H](O)[C@H](O)[C@H]6O)[C@@H](O)[C@H]5O)[C@H](O)C[C@]43C)[C@@]2(C)C[C@H](O)[C@@H]1O[C@@H]1O[C@H](CO[C@@H]2O[C@H](CO[C@@H]3O[C@H](CO)[C@@H](O)[C@H](O)[C@H]3O)[C@@H](O)[C@H](O)[C@H]2O)[C@@H](O)[C@H](O)[C@H]1O. The van der Waals surface area contributed by atoms with Gasteiger partial charge in [-0.3, -0.25) is 4.79 Å². The summed E-state index contributed by atoms with van der Waals surface area (Å²) in [6.45, 7) is 10.2. The lowest BCUT2D eigenvalue weighted by Crippen LogP contribution is -2.71. The van der Waals surface area contributed by atoms with E-state index < -0.39 is 269 Å². The van der Waals surface area contributed by atoms with Crippen LogP contribution in [0.15, 0.2) is 11.6 Å². The standard InChI is InChI=1S/C65H106O33/c1-8-64(23-67)34-11-12-62(6)33(61(34,5)16-27(68)52(64)97-57-48(84)43(79)40(76)32(94-57)22-90-54-47(83)42(78)39(75)31(93-54)21-89-53-46(82)41(77)38(74)30(18-66)92-53)10-9-25-26-15-60(3,4)13-14-65(26,35(71)17-63(25,62)7)59(86)98-58-51(37(73)29(70)20-88-58)96-56-49(85)44(80)50(24(2)91-56)95-55-45(81)36(72)28(69)19-87-55/h9,24,26-58,66-85H,8,10-23H2,1-7H3/t24-,26-,27-,28+,29-,30+,31+,32+,33+,34+,35+,36-,37-,38+,39+,40+,41-,42-,43-,44-,45+,46+,47+,48+,49+,50-,51+,52-,53+,54+,55-,56-,57-,58-,61+,62+,63+,64-,65+/m0/s1. The molecule has 0 radical (unpaired) electrons. The van der Waals surface area contributed by atoms with E-state index >= 15 is 4.79 Å². The van der Waals surface area contributed by atoms with E-state index in [9.17, 15) is 102 Å². The lowest BCUT2D eigenvalue weighted by atomic mass is 9.32. The summed E-state index contributed by atoms with van der Waals surface area (Å²) in [5.74, 6) is -2.11. The minimum atomic E-state index is -1.96. The van der Waals surface area contributed by atoms with Crippen molar-refractivity contribution < 1.29 is 164 Å². The molecule has 0 unspecified atom stereocenters. The van der Waals surface area contributed by atoms with Gasteiger partial charge in [0.15, 0.2) is 37.6 Å². The van der Waals surface area contributed by atoms with Gasteiger partial charge in [-0.05, 0) is 104 Å². The number of aliphatic hydroxyl groups excluding tert-OH is 20. The monoisotopic (exact) mass is 1410 g/mol. The highest BCUT2D eigenvalue weighted by Crippen LogP contribution is 2.76. The zero-order valence-electron chi connectivity index (χ0n) is 56.1. The van der Waals surface area contributed by atoms with Crippen molar-refractivity contribution in [3.8, 4) is 0 Å². The second kappa shape index (κ2) is 29.0. The number of ether oxygens (including phenoxy) is 12. The molecule has 0 aromatic rings. The molecule has 6 aliphatic heterocycles. The fourth-order valence-corrected chi connectivity index (χ4v) is 19.3. The van der Waals surface area contributed by atoms with Crippen LogP contribution in [0.1, 0.15) is 106 Å². The number of hydrogen-bond acceptors (Lipinski definition) is 33. The number of rotatable bonds is 17.